The second-order valence-corrected chi connectivity index (χ2v) is 29.7. The molecule has 0 aliphatic heterocycles. The van der Waals surface area contributed by atoms with Gasteiger partial charge >= 0.3 is 0 Å². The zero-order chi connectivity index (χ0) is 64.1. The summed E-state index contributed by atoms with van der Waals surface area (Å²) in [6.45, 7) is 52.7. The van der Waals surface area contributed by atoms with E-state index < -0.39 is 17.6 Å². The summed E-state index contributed by atoms with van der Waals surface area (Å²) in [6, 6.07) is -1.07. The van der Waals surface area contributed by atoms with E-state index in [4.69, 9.17) is 5.11 Å². The molecule has 78 heavy (non-hydrogen) atoms. The van der Waals surface area contributed by atoms with Gasteiger partial charge in [-0.2, -0.15) is 12.6 Å². The van der Waals surface area contributed by atoms with Gasteiger partial charge in [0.1, 0.15) is 11.6 Å². The van der Waals surface area contributed by atoms with Crippen molar-refractivity contribution in [1.29, 1.82) is 0 Å². The molecule has 0 saturated heterocycles. The molecule has 5 unspecified atom stereocenters. The van der Waals surface area contributed by atoms with Crippen LogP contribution in [-0.4, -0.2) is 176 Å². The Morgan fingerprint density at radius 2 is 0.808 bits per heavy atom. The van der Waals surface area contributed by atoms with E-state index in [1.807, 2.05) is 157 Å². The predicted octanol–water partition coefficient (Wildman–Crippen LogP) is 11.6. The summed E-state index contributed by atoms with van der Waals surface area (Å²) in [5, 5.41) is 21.4. The van der Waals surface area contributed by atoms with Crippen LogP contribution in [-0.2, 0) is 33.6 Å². The van der Waals surface area contributed by atoms with Crippen LogP contribution >= 0.6 is 12.6 Å². The summed E-state index contributed by atoms with van der Waals surface area (Å²) in [5.41, 5.74) is -1.18. The van der Waals surface area contributed by atoms with Crippen LogP contribution in [0.3, 0.4) is 0 Å². The minimum Gasteiger partial charge on any atom is -0.394 e. The van der Waals surface area contributed by atoms with Crippen molar-refractivity contribution >= 4 is 53.2 Å². The first-order chi connectivity index (χ1) is 33.7. The Morgan fingerprint density at radius 1 is 0.500 bits per heavy atom. The number of aliphatic hydroxyl groups excluding tert-OH is 2. The monoisotopic (exact) mass is 1140 g/mol. The van der Waals surface area contributed by atoms with Crippen LogP contribution in [0, 0.1) is 49.7 Å². The molecule has 0 rings (SSSR count). The first-order valence-electron chi connectivity index (χ1n) is 27.7. The van der Waals surface area contributed by atoms with E-state index in [9.17, 15) is 38.7 Å². The number of carbonyl (C=O) groups excluding carboxylic acids is 7. The van der Waals surface area contributed by atoms with Crippen molar-refractivity contribution in [2.24, 2.45) is 49.7 Å². The van der Waals surface area contributed by atoms with Gasteiger partial charge in [0.2, 0.25) is 5.91 Å². The highest BCUT2D eigenvalue weighted by molar-refractivity contribution is 7.80. The Hall–Kier alpha value is -2.40. The predicted molar refractivity (Wildman–Crippen MR) is 339 cm³/mol. The first-order valence-corrected chi connectivity index (χ1v) is 28.3. The number of ketones is 6. The van der Waals surface area contributed by atoms with Crippen LogP contribution in [0.15, 0.2) is 0 Å². The smallest absolute Gasteiger partial charge is 0.222 e. The lowest BCUT2D eigenvalue weighted by atomic mass is 9.84. The highest BCUT2D eigenvalue weighted by atomic mass is 32.1. The standard InChI is InChI=1S/C12H24N2O2.C10H21NO2.C9H19NO2.C9H19NOS.C8H16O.C8H18.C6H12O.CH4/c1-12(2,3)11(16)9(13-4)7-8-10(15)14(5)6;1-7(12)8(11(5)6)9(13)10(2,3)4;1-9(2,3)8(12)7(6-11)10(4)5;1-9(2,3)8(11)7(6-12)10(4)5;1-6(2)7(9)8(3,4)5;1-7(2)6-8(3,4)5;1-5(7)6(2,3)4;/h9,13H,7-8H2,1-6H3;7-8,12H,1-6H3;7,11H,6H2,1-5H3;7,12H,6H2,1-5H3;6H,1-5H3;7H,6H2,1-5H3;1-4H3;1H4. The molecule has 0 heterocycles. The topological polar surface area (TPSA) is 185 Å². The van der Waals surface area contributed by atoms with Gasteiger partial charge in [-0.25, -0.2) is 0 Å². The highest BCUT2D eigenvalue weighted by Crippen LogP contribution is 2.25. The number of rotatable bonds is 16. The third-order valence-electron chi connectivity index (χ3n) is 11.6. The fourth-order valence-corrected chi connectivity index (χ4v) is 7.29. The molecule has 0 aliphatic rings. The van der Waals surface area contributed by atoms with Gasteiger partial charge in [-0.15, -0.1) is 0 Å². The maximum absolute atomic E-state index is 12.0. The van der Waals surface area contributed by atoms with E-state index in [2.05, 4.69) is 52.6 Å². The largest absolute Gasteiger partial charge is 0.394 e. The van der Waals surface area contributed by atoms with Gasteiger partial charge in [0, 0.05) is 64.7 Å². The normalized spacial score (nSPS) is 13.9. The minimum absolute atomic E-state index is 0. The van der Waals surface area contributed by atoms with Gasteiger partial charge in [0.15, 0.2) is 23.1 Å². The summed E-state index contributed by atoms with van der Waals surface area (Å²) in [5.74, 6) is 2.80. The molecule has 0 saturated carbocycles. The number of likely N-dealkylation sites (N-methyl/N-ethyl adjacent to an activating group) is 4. The Labute approximate surface area is 489 Å². The molecule has 0 spiro atoms. The molecule has 470 valence electrons. The molecule has 5 atom stereocenters. The molecule has 0 fully saturated rings. The maximum Gasteiger partial charge on any atom is 0.222 e. The minimum atomic E-state index is -0.623. The molecule has 0 aliphatic carbocycles. The van der Waals surface area contributed by atoms with Gasteiger partial charge in [-0.05, 0) is 87.4 Å². The molecule has 0 bridgehead atoms. The van der Waals surface area contributed by atoms with Crippen LogP contribution in [0.25, 0.3) is 0 Å². The Morgan fingerprint density at radius 3 is 0.910 bits per heavy atom. The van der Waals surface area contributed by atoms with Crippen LogP contribution in [0.5, 0.6) is 0 Å². The number of nitrogens with zero attached hydrogens (tertiary/aromatic N) is 4. The van der Waals surface area contributed by atoms with E-state index in [0.29, 0.717) is 29.8 Å². The van der Waals surface area contributed by atoms with Gasteiger partial charge in [-0.3, -0.25) is 48.3 Å². The molecule has 0 radical (unpaired) electrons. The lowest BCUT2D eigenvalue weighted by Gasteiger charge is -2.31. The Bertz CT molecular complexity index is 1630. The number of Topliss-reactive ketones (excluding diaryl/α,β-unsaturated/α-hetero) is 6. The molecule has 1 amide bonds. The van der Waals surface area contributed by atoms with Crippen molar-refractivity contribution < 1.29 is 43.8 Å². The second kappa shape index (κ2) is 40.7. The number of carbonyl (C=O) groups is 7. The van der Waals surface area contributed by atoms with Crippen molar-refractivity contribution in [2.45, 2.75) is 244 Å². The molecule has 0 aromatic heterocycles. The van der Waals surface area contributed by atoms with Gasteiger partial charge in [-0.1, -0.05) is 181 Å². The average Bonchev–Trinajstić information content (AvgIpc) is 3.18. The summed E-state index contributed by atoms with van der Waals surface area (Å²) in [4.78, 5) is 87.2. The summed E-state index contributed by atoms with van der Waals surface area (Å²) in [6.07, 6.45) is 1.67. The molecule has 3 N–H and O–H groups in total. The fourth-order valence-electron chi connectivity index (χ4n) is 6.80. The van der Waals surface area contributed by atoms with Crippen molar-refractivity contribution in [3.8, 4) is 0 Å². The number of hydrogen-bond donors (Lipinski definition) is 4. The molecular formula is C63H133N5O9S. The average molecular weight is 1140 g/mol. The third-order valence-corrected chi connectivity index (χ3v) is 11.9. The number of amides is 1. The van der Waals surface area contributed by atoms with Crippen LogP contribution in [0.2, 0.25) is 0 Å². The highest BCUT2D eigenvalue weighted by Gasteiger charge is 2.35. The van der Waals surface area contributed by atoms with Crippen molar-refractivity contribution in [1.82, 2.24) is 24.9 Å². The van der Waals surface area contributed by atoms with Crippen molar-refractivity contribution in [3.05, 3.63) is 0 Å². The first kappa shape index (κ1) is 92.1. The van der Waals surface area contributed by atoms with E-state index in [-0.39, 0.29) is 100.0 Å². The molecule has 15 heteroatoms. The van der Waals surface area contributed by atoms with E-state index in [1.54, 1.807) is 77.9 Å². The van der Waals surface area contributed by atoms with Crippen molar-refractivity contribution in [2.75, 3.05) is 75.8 Å². The van der Waals surface area contributed by atoms with Gasteiger partial charge < -0.3 is 20.4 Å². The van der Waals surface area contributed by atoms with E-state index in [0.717, 1.165) is 5.92 Å². The molecule has 0 aromatic carbocycles. The number of nitrogens with one attached hydrogen (secondary N) is 1. The molecule has 14 nitrogen and oxygen atoms in total. The Balaban J connectivity index is -0.000000124. The zero-order valence-corrected chi connectivity index (χ0v) is 58.0. The third kappa shape index (κ3) is 48.3. The summed E-state index contributed by atoms with van der Waals surface area (Å²) in [7, 11) is 16.2. The van der Waals surface area contributed by atoms with Crippen molar-refractivity contribution in [3.63, 3.8) is 0 Å². The Kier molecular flexibility index (Phi) is 48.1. The summed E-state index contributed by atoms with van der Waals surface area (Å²) >= 11 is 4.16. The molecular weight excluding hydrogens is 1000 g/mol. The van der Waals surface area contributed by atoms with E-state index >= 15 is 0 Å². The van der Waals surface area contributed by atoms with Gasteiger partial charge in [0.25, 0.3) is 0 Å². The quantitative estimate of drug-likeness (QED) is 0.107. The number of thiol groups is 1. The number of aliphatic hydroxyl groups is 2. The van der Waals surface area contributed by atoms with Crippen LogP contribution < -0.4 is 5.32 Å². The lowest BCUT2D eigenvalue weighted by molar-refractivity contribution is -0.134. The lowest BCUT2D eigenvalue weighted by Crippen LogP contribution is -2.48. The number of hydrogen-bond acceptors (Lipinski definition) is 14. The second-order valence-electron chi connectivity index (χ2n) is 29.3. The maximum atomic E-state index is 12.0. The van der Waals surface area contributed by atoms with Crippen LogP contribution in [0.1, 0.15) is 214 Å². The fraction of sp³-hybridized carbons (Fsp3) is 0.889. The van der Waals surface area contributed by atoms with E-state index in [1.165, 1.54) is 6.42 Å². The summed E-state index contributed by atoms with van der Waals surface area (Å²) < 4.78 is 0. The zero-order valence-electron chi connectivity index (χ0n) is 57.1. The van der Waals surface area contributed by atoms with Gasteiger partial charge in [0.05, 0.1) is 36.9 Å². The molecule has 0 aromatic rings. The SMILES string of the molecule is C.CC(=O)C(C)(C)C.CC(C)C(=O)C(C)(C)C.CC(C)CC(C)(C)C.CC(O)C(C(=O)C(C)(C)C)N(C)C.CN(C)C(CO)C(=O)C(C)(C)C.CN(C)C(CS)C(=O)C(C)(C)C.CNC(CCC(=O)N(C)C)C(=O)C(C)(C)C. The van der Waals surface area contributed by atoms with Crippen LogP contribution in [0.4, 0.5) is 0 Å².